The van der Waals surface area contributed by atoms with E-state index < -0.39 is 0 Å². The number of benzene rings is 3. The van der Waals surface area contributed by atoms with Gasteiger partial charge in [-0.1, -0.05) is 72.1 Å². The lowest BCUT2D eigenvalue weighted by atomic mass is 9.91. The van der Waals surface area contributed by atoms with E-state index in [-0.39, 0.29) is 17.9 Å². The summed E-state index contributed by atoms with van der Waals surface area (Å²) in [4.78, 5) is 13.4. The number of fused-ring (bicyclic) bond motifs is 1. The average molecular weight is 500 g/mol. The molecular weight excluding hydrogens is 479 g/mol. The zero-order valence-electron chi connectivity index (χ0n) is 17.8. The largest absolute Gasteiger partial charge is 0.286 e. The Labute approximate surface area is 207 Å². The van der Waals surface area contributed by atoms with E-state index in [0.717, 1.165) is 24.2 Å². The molecule has 0 aliphatic carbocycles. The van der Waals surface area contributed by atoms with Crippen LogP contribution in [0.5, 0.6) is 0 Å². The van der Waals surface area contributed by atoms with Gasteiger partial charge in [0.2, 0.25) is 0 Å². The molecule has 0 bridgehead atoms. The second-order valence-corrected chi connectivity index (χ2v) is 9.46. The second kappa shape index (κ2) is 8.90. The number of carbonyl (C=O) groups excluding carboxylic acids is 1. The summed E-state index contributed by atoms with van der Waals surface area (Å²) < 4.78 is 0. The van der Waals surface area contributed by atoms with Gasteiger partial charge >= 0.3 is 0 Å². The lowest BCUT2D eigenvalue weighted by Gasteiger charge is -2.27. The summed E-state index contributed by atoms with van der Waals surface area (Å²) in [5.41, 5.74) is 7.38. The minimum absolute atomic E-state index is 0.198. The molecule has 0 unspecified atom stereocenters. The Morgan fingerprint density at radius 2 is 1.70 bits per heavy atom. The van der Waals surface area contributed by atoms with Crippen molar-refractivity contribution in [2.24, 2.45) is 11.0 Å². The normalized spacial score (nSPS) is 19.5. The van der Waals surface area contributed by atoms with E-state index in [1.807, 2.05) is 60.5 Å². The van der Waals surface area contributed by atoms with E-state index in [9.17, 15) is 4.79 Å². The van der Waals surface area contributed by atoms with Gasteiger partial charge in [0.05, 0.1) is 22.4 Å². The molecule has 1 amide bonds. The highest BCUT2D eigenvalue weighted by molar-refractivity contribution is 6.41. The Hall–Kier alpha value is -2.73. The molecule has 2 aliphatic heterocycles. The molecule has 168 valence electrons. The van der Waals surface area contributed by atoms with E-state index in [2.05, 4.69) is 11.5 Å². The monoisotopic (exact) mass is 498 g/mol. The molecule has 2 heterocycles. The molecule has 3 aromatic rings. The van der Waals surface area contributed by atoms with Crippen molar-refractivity contribution in [3.8, 4) is 0 Å². The van der Waals surface area contributed by atoms with E-state index in [1.165, 1.54) is 5.56 Å². The third-order valence-electron chi connectivity index (χ3n) is 6.11. The lowest BCUT2D eigenvalue weighted by Crippen LogP contribution is -2.45. The molecule has 0 saturated heterocycles. The third-order valence-corrected chi connectivity index (χ3v) is 6.90. The van der Waals surface area contributed by atoms with Crippen LogP contribution < -0.4 is 15.4 Å². The summed E-state index contributed by atoms with van der Waals surface area (Å²) in [6.45, 7) is 2.72. The Bertz CT molecular complexity index is 1240. The first-order valence-electron chi connectivity index (χ1n) is 10.7. The molecule has 2 aliphatic rings. The number of hydrazone groups is 1. The van der Waals surface area contributed by atoms with Gasteiger partial charge in [0.15, 0.2) is 0 Å². The number of nitrogens with zero attached hydrogens (tertiary/aromatic N) is 3. The van der Waals surface area contributed by atoms with Crippen LogP contribution in [-0.4, -0.2) is 18.2 Å². The molecule has 5 nitrogen and oxygen atoms in total. The summed E-state index contributed by atoms with van der Waals surface area (Å²) in [5.74, 6) is -0.429. The Morgan fingerprint density at radius 3 is 2.45 bits per heavy atom. The number of hydrazine groups is 1. The summed E-state index contributed by atoms with van der Waals surface area (Å²) >= 11 is 18.8. The van der Waals surface area contributed by atoms with Crippen molar-refractivity contribution in [3.63, 3.8) is 0 Å². The highest BCUT2D eigenvalue weighted by Gasteiger charge is 2.40. The van der Waals surface area contributed by atoms with Crippen molar-refractivity contribution in [2.75, 3.05) is 16.6 Å². The number of hydrogen-bond donors (Lipinski definition) is 1. The molecule has 0 radical (unpaired) electrons. The minimum Gasteiger partial charge on any atom is -0.285 e. The first-order valence-corrected chi connectivity index (χ1v) is 11.8. The molecule has 33 heavy (non-hydrogen) atoms. The second-order valence-electron chi connectivity index (χ2n) is 8.18. The summed E-state index contributed by atoms with van der Waals surface area (Å²) in [7, 11) is 0. The predicted octanol–water partition coefficient (Wildman–Crippen LogP) is 6.29. The van der Waals surface area contributed by atoms with Crippen LogP contribution in [0.25, 0.3) is 0 Å². The molecule has 0 spiro atoms. The van der Waals surface area contributed by atoms with Crippen molar-refractivity contribution in [3.05, 3.63) is 92.9 Å². The van der Waals surface area contributed by atoms with Gasteiger partial charge in [-0.3, -0.25) is 20.2 Å². The van der Waals surface area contributed by atoms with Crippen LogP contribution in [0.1, 0.15) is 24.1 Å². The number of amides is 1. The van der Waals surface area contributed by atoms with Crippen molar-refractivity contribution in [1.29, 1.82) is 0 Å². The van der Waals surface area contributed by atoms with Crippen molar-refractivity contribution in [1.82, 2.24) is 5.43 Å². The predicted molar refractivity (Wildman–Crippen MR) is 135 cm³/mol. The standard InChI is InChI=1S/C25H21Cl3N4O/c1-15-23(25(33)30-31-13-12-16-4-2-3-5-21(16)31)29-32(22-11-10-19(27)14-20(22)28)24(15)17-6-8-18(26)9-7-17/h2-11,14-15,24H,12-13H2,1H3,(H,30,33)/t15-,24+/m0/s1. The summed E-state index contributed by atoms with van der Waals surface area (Å²) in [6.07, 6.45) is 0.887. The number of hydrogen-bond acceptors (Lipinski definition) is 4. The van der Waals surface area contributed by atoms with E-state index in [1.54, 1.807) is 17.1 Å². The third kappa shape index (κ3) is 4.17. The van der Waals surface area contributed by atoms with Gasteiger partial charge in [-0.05, 0) is 53.9 Å². The number of nitrogens with one attached hydrogen (secondary N) is 1. The molecule has 0 fully saturated rings. The van der Waals surface area contributed by atoms with Crippen LogP contribution in [0.4, 0.5) is 11.4 Å². The molecule has 8 heteroatoms. The first kappa shape index (κ1) is 22.1. The fourth-order valence-electron chi connectivity index (χ4n) is 4.48. The SMILES string of the molecule is C[C@H]1C(C(=O)NN2CCc3ccccc32)=NN(c2ccc(Cl)cc2Cl)[C@H]1c1ccc(Cl)cc1. The Balaban J connectivity index is 1.49. The highest BCUT2D eigenvalue weighted by atomic mass is 35.5. The van der Waals surface area contributed by atoms with Gasteiger partial charge in [-0.25, -0.2) is 0 Å². The maximum Gasteiger partial charge on any atom is 0.286 e. The smallest absolute Gasteiger partial charge is 0.285 e. The molecule has 5 rings (SSSR count). The number of halogens is 3. The average Bonchev–Trinajstić information content (AvgIpc) is 3.36. The summed E-state index contributed by atoms with van der Waals surface area (Å²) in [5, 5.41) is 10.1. The van der Waals surface area contributed by atoms with E-state index >= 15 is 0 Å². The molecule has 0 saturated carbocycles. The van der Waals surface area contributed by atoms with Gasteiger partial charge < -0.3 is 0 Å². The Kier molecular flexibility index (Phi) is 5.95. The maximum absolute atomic E-state index is 13.4. The maximum atomic E-state index is 13.4. The molecular formula is C25H21Cl3N4O. The van der Waals surface area contributed by atoms with Crippen LogP contribution in [0.3, 0.4) is 0 Å². The van der Waals surface area contributed by atoms with E-state index in [0.29, 0.717) is 26.5 Å². The number of rotatable bonds is 4. The molecule has 1 N–H and O–H groups in total. The van der Waals surface area contributed by atoms with Crippen molar-refractivity contribution >= 4 is 57.8 Å². The zero-order chi connectivity index (χ0) is 23.1. The van der Waals surface area contributed by atoms with Crippen LogP contribution >= 0.6 is 34.8 Å². The lowest BCUT2D eigenvalue weighted by molar-refractivity contribution is -0.115. The number of carbonyl (C=O) groups is 1. The summed E-state index contributed by atoms with van der Waals surface area (Å²) in [6, 6.07) is 20.7. The fraction of sp³-hybridized carbons (Fsp3) is 0.200. The topological polar surface area (TPSA) is 47.9 Å². The zero-order valence-corrected chi connectivity index (χ0v) is 20.1. The van der Waals surface area contributed by atoms with Gasteiger partial charge in [-0.2, -0.15) is 5.10 Å². The van der Waals surface area contributed by atoms with Gasteiger partial charge in [0.1, 0.15) is 5.71 Å². The van der Waals surface area contributed by atoms with Crippen LogP contribution in [-0.2, 0) is 11.2 Å². The van der Waals surface area contributed by atoms with Crippen molar-refractivity contribution in [2.45, 2.75) is 19.4 Å². The fourth-order valence-corrected chi connectivity index (χ4v) is 5.10. The number of anilines is 2. The van der Waals surface area contributed by atoms with E-state index in [4.69, 9.17) is 39.9 Å². The number of para-hydroxylation sites is 1. The Morgan fingerprint density at radius 1 is 0.970 bits per heavy atom. The molecule has 2 atom stereocenters. The van der Waals surface area contributed by atoms with Crippen molar-refractivity contribution < 1.29 is 4.79 Å². The van der Waals surface area contributed by atoms with Crippen LogP contribution in [0, 0.1) is 5.92 Å². The first-order chi connectivity index (χ1) is 15.9. The molecule has 3 aromatic carbocycles. The highest BCUT2D eigenvalue weighted by Crippen LogP contribution is 2.42. The quantitative estimate of drug-likeness (QED) is 0.459. The van der Waals surface area contributed by atoms with Gasteiger partial charge in [0.25, 0.3) is 5.91 Å². The van der Waals surface area contributed by atoms with Gasteiger partial charge in [0, 0.05) is 22.5 Å². The van der Waals surface area contributed by atoms with Gasteiger partial charge in [-0.15, -0.1) is 0 Å². The van der Waals surface area contributed by atoms with Crippen LogP contribution in [0.15, 0.2) is 71.8 Å². The minimum atomic E-state index is -0.231. The van der Waals surface area contributed by atoms with Crippen LogP contribution in [0.2, 0.25) is 15.1 Å². The molecule has 0 aromatic heterocycles.